The molecule has 0 aromatic heterocycles. The molecule has 2 aliphatic rings. The Hall–Kier alpha value is -2.73. The molecule has 2 aromatic carbocycles. The van der Waals surface area contributed by atoms with Crippen LogP contribution in [0.25, 0.3) is 0 Å². The van der Waals surface area contributed by atoms with E-state index in [9.17, 15) is 14.0 Å². The number of fused-ring (bicyclic) bond motifs is 1. The highest BCUT2D eigenvalue weighted by Gasteiger charge is 2.56. The van der Waals surface area contributed by atoms with Gasteiger partial charge in [0.2, 0.25) is 12.0 Å². The van der Waals surface area contributed by atoms with Crippen LogP contribution in [0.1, 0.15) is 5.56 Å². The second-order valence-electron chi connectivity index (χ2n) is 5.45. The smallest absolute Gasteiger partial charge is 0.278 e. The Morgan fingerprint density at radius 3 is 2.46 bits per heavy atom. The minimum Gasteiger partial charge on any atom is -0.381 e. The number of halogens is 2. The van der Waals surface area contributed by atoms with Crippen molar-refractivity contribution in [2.24, 2.45) is 11.1 Å². The molecule has 7 heteroatoms. The Kier molecular flexibility index (Phi) is 3.35. The summed E-state index contributed by atoms with van der Waals surface area (Å²) in [7, 11) is 0. The average molecular weight is 345 g/mol. The van der Waals surface area contributed by atoms with Crippen LogP contribution in [-0.2, 0) is 14.4 Å². The second-order valence-corrected chi connectivity index (χ2v) is 5.86. The number of nitrogens with zero attached hydrogens (tertiary/aromatic N) is 2. The fourth-order valence-electron chi connectivity index (χ4n) is 2.91. The van der Waals surface area contributed by atoms with Crippen LogP contribution in [0.15, 0.2) is 53.7 Å². The Labute approximate surface area is 141 Å². The van der Waals surface area contributed by atoms with Gasteiger partial charge >= 0.3 is 0 Å². The zero-order valence-corrected chi connectivity index (χ0v) is 12.9. The van der Waals surface area contributed by atoms with Crippen molar-refractivity contribution in [2.75, 3.05) is 4.90 Å². The molecule has 120 valence electrons. The number of carbonyl (C=O) groups is 2. The number of imide groups is 1. The van der Waals surface area contributed by atoms with Crippen molar-refractivity contribution in [3.05, 3.63) is 64.9 Å². The summed E-state index contributed by atoms with van der Waals surface area (Å²) in [6, 6.07) is 12.0. The van der Waals surface area contributed by atoms with Crippen molar-refractivity contribution in [1.82, 2.24) is 0 Å². The van der Waals surface area contributed by atoms with Crippen molar-refractivity contribution in [2.45, 2.75) is 6.10 Å². The van der Waals surface area contributed by atoms with Gasteiger partial charge in [-0.15, -0.1) is 0 Å². The summed E-state index contributed by atoms with van der Waals surface area (Å²) in [5.74, 6) is -2.30. The summed E-state index contributed by atoms with van der Waals surface area (Å²) in [6.45, 7) is 0. The number of rotatable bonds is 2. The van der Waals surface area contributed by atoms with E-state index in [1.54, 1.807) is 24.3 Å². The van der Waals surface area contributed by atoms with E-state index in [2.05, 4.69) is 5.16 Å². The topological polar surface area (TPSA) is 59.0 Å². The lowest BCUT2D eigenvalue weighted by Gasteiger charge is -2.15. The number of amides is 2. The maximum Gasteiger partial charge on any atom is 0.278 e. The summed E-state index contributed by atoms with van der Waals surface area (Å²) < 4.78 is 13.1. The first kappa shape index (κ1) is 14.8. The molecule has 0 radical (unpaired) electrons. The van der Waals surface area contributed by atoms with E-state index < -0.39 is 29.7 Å². The number of anilines is 1. The molecule has 0 unspecified atom stereocenters. The Morgan fingerprint density at radius 1 is 1.04 bits per heavy atom. The van der Waals surface area contributed by atoms with E-state index in [-0.39, 0.29) is 0 Å². The number of benzene rings is 2. The number of hydrogen-bond donors (Lipinski definition) is 0. The zero-order chi connectivity index (χ0) is 16.8. The lowest BCUT2D eigenvalue weighted by atomic mass is 9.94. The predicted molar refractivity (Wildman–Crippen MR) is 85.2 cm³/mol. The molecular weight excluding hydrogens is 335 g/mol. The Balaban J connectivity index is 1.73. The third-order valence-electron chi connectivity index (χ3n) is 4.05. The molecule has 2 amide bonds. The minimum absolute atomic E-state index is 0.294. The molecule has 2 aliphatic heterocycles. The second kappa shape index (κ2) is 5.42. The number of hydrogen-bond acceptors (Lipinski definition) is 4. The highest BCUT2D eigenvalue weighted by Crippen LogP contribution is 2.36. The van der Waals surface area contributed by atoms with Crippen LogP contribution in [0.5, 0.6) is 0 Å². The average Bonchev–Trinajstić information content (AvgIpc) is 3.10. The molecule has 0 saturated carbocycles. The van der Waals surface area contributed by atoms with Crippen LogP contribution in [0.2, 0.25) is 5.02 Å². The van der Waals surface area contributed by atoms with Gasteiger partial charge in [-0.05, 0) is 30.3 Å². The van der Waals surface area contributed by atoms with Gasteiger partial charge in [-0.2, -0.15) is 0 Å². The summed E-state index contributed by atoms with van der Waals surface area (Å²) in [4.78, 5) is 31.5. The van der Waals surface area contributed by atoms with Crippen molar-refractivity contribution in [3.63, 3.8) is 0 Å². The van der Waals surface area contributed by atoms with Gasteiger partial charge in [0.15, 0.2) is 0 Å². The molecule has 2 heterocycles. The molecule has 0 N–H and O–H groups in total. The molecule has 4 rings (SSSR count). The van der Waals surface area contributed by atoms with Crippen LogP contribution in [-0.4, -0.2) is 23.6 Å². The highest BCUT2D eigenvalue weighted by atomic mass is 35.5. The summed E-state index contributed by atoms with van der Waals surface area (Å²) >= 11 is 6.16. The molecular formula is C17H10ClFN2O3. The molecule has 0 spiro atoms. The minimum atomic E-state index is -1.02. The summed E-state index contributed by atoms with van der Waals surface area (Å²) in [5.41, 5.74) is 1.17. The van der Waals surface area contributed by atoms with Crippen LogP contribution >= 0.6 is 11.6 Å². The molecule has 0 bridgehead atoms. The SMILES string of the molecule is O=C1[C@@H]2C(c3ccccc3Cl)=NO[C@H]2C(=O)N1c1ccc(F)cc1. The van der Waals surface area contributed by atoms with Crippen LogP contribution in [0.3, 0.4) is 0 Å². The maximum absolute atomic E-state index is 13.1. The van der Waals surface area contributed by atoms with Crippen molar-refractivity contribution < 1.29 is 18.8 Å². The third-order valence-corrected chi connectivity index (χ3v) is 4.38. The Morgan fingerprint density at radius 2 is 1.75 bits per heavy atom. The quantitative estimate of drug-likeness (QED) is 0.787. The zero-order valence-electron chi connectivity index (χ0n) is 12.1. The van der Waals surface area contributed by atoms with E-state index >= 15 is 0 Å². The van der Waals surface area contributed by atoms with Gasteiger partial charge in [0.25, 0.3) is 5.91 Å². The van der Waals surface area contributed by atoms with Gasteiger partial charge in [-0.3, -0.25) is 9.59 Å². The molecule has 24 heavy (non-hydrogen) atoms. The molecule has 1 saturated heterocycles. The van der Waals surface area contributed by atoms with Crippen LogP contribution in [0.4, 0.5) is 10.1 Å². The van der Waals surface area contributed by atoms with Crippen LogP contribution in [0, 0.1) is 11.7 Å². The van der Waals surface area contributed by atoms with E-state index in [1.165, 1.54) is 24.3 Å². The van der Waals surface area contributed by atoms with Crippen molar-refractivity contribution in [1.29, 1.82) is 0 Å². The van der Waals surface area contributed by atoms with E-state index in [1.807, 2.05) is 0 Å². The predicted octanol–water partition coefficient (Wildman–Crippen LogP) is 2.77. The van der Waals surface area contributed by atoms with Crippen LogP contribution < -0.4 is 4.90 Å². The van der Waals surface area contributed by atoms with Gasteiger partial charge in [0.1, 0.15) is 17.4 Å². The van der Waals surface area contributed by atoms with Crippen molar-refractivity contribution in [3.8, 4) is 0 Å². The van der Waals surface area contributed by atoms with E-state index in [4.69, 9.17) is 16.4 Å². The van der Waals surface area contributed by atoms with Gasteiger partial charge in [0, 0.05) is 10.6 Å². The third kappa shape index (κ3) is 2.11. The van der Waals surface area contributed by atoms with Crippen molar-refractivity contribution >= 4 is 34.8 Å². The van der Waals surface area contributed by atoms with Gasteiger partial charge in [-0.1, -0.05) is 35.0 Å². The Bertz CT molecular complexity index is 882. The fourth-order valence-corrected chi connectivity index (χ4v) is 3.15. The molecule has 0 aliphatic carbocycles. The van der Waals surface area contributed by atoms with Gasteiger partial charge in [-0.25, -0.2) is 9.29 Å². The summed E-state index contributed by atoms with van der Waals surface area (Å²) in [5, 5.41) is 4.32. The standard InChI is InChI=1S/C17H10ClFN2O3/c18-12-4-2-1-3-11(12)14-13-15(24-20-14)17(23)21(16(13)22)10-7-5-9(19)6-8-10/h1-8,13,15H/t13-,15-/m1/s1. The monoisotopic (exact) mass is 344 g/mol. The summed E-state index contributed by atoms with van der Waals surface area (Å²) in [6.07, 6.45) is -1.02. The van der Waals surface area contributed by atoms with E-state index in [0.717, 1.165) is 4.90 Å². The number of oxime groups is 1. The fraction of sp³-hybridized carbons (Fsp3) is 0.118. The van der Waals surface area contributed by atoms with E-state index in [0.29, 0.717) is 22.0 Å². The molecule has 1 fully saturated rings. The van der Waals surface area contributed by atoms with Gasteiger partial charge < -0.3 is 4.84 Å². The molecule has 5 nitrogen and oxygen atoms in total. The first-order valence-corrected chi connectivity index (χ1v) is 7.57. The molecule has 2 aromatic rings. The first-order valence-electron chi connectivity index (χ1n) is 7.20. The lowest BCUT2D eigenvalue weighted by molar-refractivity contribution is -0.126. The largest absolute Gasteiger partial charge is 0.381 e. The molecule has 2 atom stereocenters. The van der Waals surface area contributed by atoms with Gasteiger partial charge in [0.05, 0.1) is 5.69 Å². The highest BCUT2D eigenvalue weighted by molar-refractivity contribution is 6.38. The lowest BCUT2D eigenvalue weighted by Crippen LogP contribution is -2.33. The maximum atomic E-state index is 13.1. The normalized spacial score (nSPS) is 22.4. The number of carbonyl (C=O) groups excluding carboxylic acids is 2. The first-order chi connectivity index (χ1) is 11.6.